The predicted molar refractivity (Wildman–Crippen MR) is 52.1 cm³/mol. The second-order valence-corrected chi connectivity index (χ2v) is 3.40. The van der Waals surface area contributed by atoms with Crippen LogP contribution in [0.25, 0.3) is 0 Å². The van der Waals surface area contributed by atoms with Gasteiger partial charge in [0.05, 0.1) is 0 Å². The van der Waals surface area contributed by atoms with Crippen molar-refractivity contribution >= 4 is 5.97 Å². The van der Waals surface area contributed by atoms with Gasteiger partial charge in [0, 0.05) is 6.42 Å². The third kappa shape index (κ3) is 2.66. The summed E-state index contributed by atoms with van der Waals surface area (Å²) < 4.78 is 13.1. The number of aromatic hydroxyl groups is 1. The summed E-state index contributed by atoms with van der Waals surface area (Å²) in [6, 6.07) is 1.55. The molecule has 0 spiro atoms. The number of hydrogen-bond acceptors (Lipinski definition) is 3. The number of aliphatic carboxylic acids is 1. The Bertz CT molecular complexity index is 392. The summed E-state index contributed by atoms with van der Waals surface area (Å²) in [5, 5.41) is 17.9. The van der Waals surface area contributed by atoms with E-state index in [4.69, 9.17) is 10.8 Å². The summed E-state index contributed by atoms with van der Waals surface area (Å²) in [5.41, 5.74) is 6.10. The van der Waals surface area contributed by atoms with Crippen LogP contribution in [0.3, 0.4) is 0 Å². The average molecular weight is 213 g/mol. The van der Waals surface area contributed by atoms with Crippen LogP contribution < -0.4 is 5.73 Å². The van der Waals surface area contributed by atoms with Crippen LogP contribution in [0.2, 0.25) is 0 Å². The van der Waals surface area contributed by atoms with Crippen LogP contribution in [-0.2, 0) is 11.2 Å². The van der Waals surface area contributed by atoms with E-state index in [0.717, 1.165) is 0 Å². The minimum Gasteiger partial charge on any atom is -0.505 e. The average Bonchev–Trinajstić information content (AvgIpc) is 2.13. The molecule has 0 amide bonds. The topological polar surface area (TPSA) is 83.5 Å². The molecule has 15 heavy (non-hydrogen) atoms. The molecule has 0 bridgehead atoms. The first-order chi connectivity index (χ1) is 6.91. The van der Waals surface area contributed by atoms with Gasteiger partial charge in [-0.05, 0) is 24.1 Å². The van der Waals surface area contributed by atoms with E-state index in [0.29, 0.717) is 5.56 Å². The quantitative estimate of drug-likeness (QED) is 0.693. The Labute approximate surface area is 86.1 Å². The lowest BCUT2D eigenvalue weighted by molar-refractivity contribution is -0.138. The van der Waals surface area contributed by atoms with Gasteiger partial charge >= 0.3 is 5.97 Å². The monoisotopic (exact) mass is 213 g/mol. The maximum Gasteiger partial charge on any atom is 0.320 e. The summed E-state index contributed by atoms with van der Waals surface area (Å²) in [5.74, 6) is -2.48. The Morgan fingerprint density at radius 2 is 2.20 bits per heavy atom. The standard InChI is InChI=1S/C10H12FNO3/c1-5-2-6(4-8(12)10(14)15)9(13)7(11)3-5/h2-3,8,13H,4,12H2,1H3,(H,14,15). The van der Waals surface area contributed by atoms with Crippen LogP contribution >= 0.6 is 0 Å². The SMILES string of the molecule is Cc1cc(F)c(O)c(CC(N)C(=O)O)c1. The molecule has 1 unspecified atom stereocenters. The largest absolute Gasteiger partial charge is 0.505 e. The predicted octanol–water partition coefficient (Wildman–Crippen LogP) is 0.794. The fourth-order valence-corrected chi connectivity index (χ4v) is 1.29. The highest BCUT2D eigenvalue weighted by atomic mass is 19.1. The Morgan fingerprint density at radius 3 is 2.73 bits per heavy atom. The van der Waals surface area contributed by atoms with Gasteiger partial charge in [0.2, 0.25) is 0 Å². The van der Waals surface area contributed by atoms with Crippen LogP contribution in [0.5, 0.6) is 5.75 Å². The summed E-state index contributed by atoms with van der Waals surface area (Å²) >= 11 is 0. The highest BCUT2D eigenvalue weighted by Gasteiger charge is 2.16. The van der Waals surface area contributed by atoms with Crippen molar-refractivity contribution < 1.29 is 19.4 Å². The van der Waals surface area contributed by atoms with Crippen molar-refractivity contribution in [3.05, 3.63) is 29.1 Å². The van der Waals surface area contributed by atoms with Crippen molar-refractivity contribution in [1.29, 1.82) is 0 Å². The number of nitrogens with two attached hydrogens (primary N) is 1. The first-order valence-electron chi connectivity index (χ1n) is 4.38. The number of halogens is 1. The zero-order valence-electron chi connectivity index (χ0n) is 8.20. The van der Waals surface area contributed by atoms with Crippen LogP contribution in [0.15, 0.2) is 12.1 Å². The molecule has 0 aliphatic heterocycles. The van der Waals surface area contributed by atoms with Gasteiger partial charge in [0.15, 0.2) is 11.6 Å². The van der Waals surface area contributed by atoms with E-state index in [1.54, 1.807) is 6.92 Å². The van der Waals surface area contributed by atoms with Gasteiger partial charge in [-0.15, -0.1) is 0 Å². The number of hydrogen-bond donors (Lipinski definition) is 3. The molecule has 0 radical (unpaired) electrons. The van der Waals surface area contributed by atoms with Gasteiger partial charge in [-0.2, -0.15) is 0 Å². The van der Waals surface area contributed by atoms with Crippen molar-refractivity contribution in [2.24, 2.45) is 5.73 Å². The van der Waals surface area contributed by atoms with E-state index in [1.165, 1.54) is 12.1 Å². The second kappa shape index (κ2) is 4.27. The molecular formula is C10H12FNO3. The van der Waals surface area contributed by atoms with Crippen molar-refractivity contribution in [2.45, 2.75) is 19.4 Å². The minimum atomic E-state index is -1.18. The smallest absolute Gasteiger partial charge is 0.320 e. The highest BCUT2D eigenvalue weighted by molar-refractivity contribution is 5.73. The summed E-state index contributed by atoms with van der Waals surface area (Å²) in [6.07, 6.45) is -0.0975. The number of carboxylic acids is 1. The molecule has 1 aromatic rings. The van der Waals surface area contributed by atoms with Gasteiger partial charge < -0.3 is 15.9 Å². The van der Waals surface area contributed by atoms with Crippen LogP contribution in [0.4, 0.5) is 4.39 Å². The van der Waals surface area contributed by atoms with Gasteiger partial charge in [0.1, 0.15) is 6.04 Å². The molecule has 0 aromatic heterocycles. The Hall–Kier alpha value is -1.62. The first-order valence-corrected chi connectivity index (χ1v) is 4.38. The van der Waals surface area contributed by atoms with E-state index in [9.17, 15) is 14.3 Å². The molecule has 0 aliphatic rings. The van der Waals surface area contributed by atoms with Gasteiger partial charge in [-0.25, -0.2) is 4.39 Å². The molecule has 1 rings (SSSR count). The summed E-state index contributed by atoms with van der Waals surface area (Å²) in [7, 11) is 0. The first kappa shape index (κ1) is 11.5. The summed E-state index contributed by atoms with van der Waals surface area (Å²) in [6.45, 7) is 1.65. The summed E-state index contributed by atoms with van der Waals surface area (Å²) in [4.78, 5) is 10.5. The van der Waals surface area contributed by atoms with Gasteiger partial charge in [-0.3, -0.25) is 4.79 Å². The van der Waals surface area contributed by atoms with Crippen LogP contribution in [-0.4, -0.2) is 22.2 Å². The fraction of sp³-hybridized carbons (Fsp3) is 0.300. The van der Waals surface area contributed by atoms with Crippen molar-refractivity contribution in [3.63, 3.8) is 0 Å². The number of aryl methyl sites for hydroxylation is 1. The Morgan fingerprint density at radius 1 is 1.60 bits per heavy atom. The van der Waals surface area contributed by atoms with Crippen LogP contribution in [0, 0.1) is 12.7 Å². The van der Waals surface area contributed by atoms with Crippen molar-refractivity contribution in [1.82, 2.24) is 0 Å². The number of carboxylic acid groups (broad SMARTS) is 1. The Balaban J connectivity index is 2.99. The number of rotatable bonds is 3. The molecule has 0 fully saturated rings. The van der Waals surface area contributed by atoms with E-state index in [-0.39, 0.29) is 12.0 Å². The van der Waals surface area contributed by atoms with Crippen molar-refractivity contribution in [2.75, 3.05) is 0 Å². The fourth-order valence-electron chi connectivity index (χ4n) is 1.29. The molecule has 0 saturated carbocycles. The number of phenolic OH excluding ortho intramolecular Hbond substituents is 1. The molecule has 5 heteroatoms. The molecular weight excluding hydrogens is 201 g/mol. The molecule has 1 atom stereocenters. The number of phenols is 1. The normalized spacial score (nSPS) is 12.5. The Kier molecular flexibility index (Phi) is 3.26. The maximum atomic E-state index is 13.1. The molecule has 4 nitrogen and oxygen atoms in total. The lowest BCUT2D eigenvalue weighted by atomic mass is 10.0. The second-order valence-electron chi connectivity index (χ2n) is 3.40. The third-order valence-electron chi connectivity index (χ3n) is 2.04. The molecule has 4 N–H and O–H groups in total. The van der Waals surface area contributed by atoms with E-state index < -0.39 is 23.6 Å². The molecule has 0 aliphatic carbocycles. The number of benzene rings is 1. The van der Waals surface area contributed by atoms with E-state index in [1.807, 2.05) is 0 Å². The zero-order valence-corrected chi connectivity index (χ0v) is 8.20. The number of carbonyl (C=O) groups is 1. The van der Waals surface area contributed by atoms with E-state index in [2.05, 4.69) is 0 Å². The van der Waals surface area contributed by atoms with Gasteiger partial charge in [-0.1, -0.05) is 6.07 Å². The highest BCUT2D eigenvalue weighted by Crippen LogP contribution is 2.23. The van der Waals surface area contributed by atoms with E-state index >= 15 is 0 Å². The molecule has 82 valence electrons. The van der Waals surface area contributed by atoms with Crippen molar-refractivity contribution in [3.8, 4) is 5.75 Å². The molecule has 0 saturated heterocycles. The molecule has 1 aromatic carbocycles. The third-order valence-corrected chi connectivity index (χ3v) is 2.04. The maximum absolute atomic E-state index is 13.1. The lowest BCUT2D eigenvalue weighted by Crippen LogP contribution is -2.32. The van der Waals surface area contributed by atoms with Gasteiger partial charge in [0.25, 0.3) is 0 Å². The minimum absolute atomic E-state index is 0.0975. The van der Waals surface area contributed by atoms with Crippen LogP contribution in [0.1, 0.15) is 11.1 Å². The molecule has 0 heterocycles. The zero-order chi connectivity index (χ0) is 11.6. The lowest BCUT2D eigenvalue weighted by Gasteiger charge is -2.09.